The number of furan rings is 1. The van der Waals surface area contributed by atoms with Crippen LogP contribution in [0.3, 0.4) is 0 Å². The molecule has 0 unspecified atom stereocenters. The molecule has 284 valence electrons. The predicted octanol–water partition coefficient (Wildman–Crippen LogP) is 4.27. The van der Waals surface area contributed by atoms with Crippen LogP contribution in [0.5, 0.6) is 5.75 Å². The number of aromatic nitrogens is 1. The Hall–Kier alpha value is -5.12. The van der Waals surface area contributed by atoms with Gasteiger partial charge in [-0.15, -0.1) is 0 Å². The van der Waals surface area contributed by atoms with E-state index in [2.05, 4.69) is 20.3 Å². The number of halogens is 2. The lowest BCUT2D eigenvalue weighted by Gasteiger charge is -2.29. The van der Waals surface area contributed by atoms with E-state index in [1.165, 1.54) is 48.2 Å². The third-order valence-electron chi connectivity index (χ3n) is 10.8. The molecule has 1 saturated heterocycles. The average molecular weight is 764 g/mol. The lowest BCUT2D eigenvalue weighted by atomic mass is 10.0. The van der Waals surface area contributed by atoms with Crippen LogP contribution in [-0.2, 0) is 29.2 Å². The van der Waals surface area contributed by atoms with Crippen LogP contribution in [0.2, 0.25) is 0 Å². The van der Waals surface area contributed by atoms with Gasteiger partial charge >= 0.3 is 0 Å². The Morgan fingerprint density at radius 2 is 1.80 bits per heavy atom. The van der Waals surface area contributed by atoms with Gasteiger partial charge in [0.2, 0.25) is 27.7 Å². The normalized spacial score (nSPS) is 26.5. The Labute approximate surface area is 308 Å². The monoisotopic (exact) mass is 763 g/mol. The fraction of sp³-hybridized carbons (Fsp3) is 0.447. The first-order chi connectivity index (χ1) is 25.8. The number of allylic oxidation sites excluding steroid dienone is 1. The maximum Gasteiger partial charge on any atom is 0.259 e. The summed E-state index contributed by atoms with van der Waals surface area (Å²) >= 11 is 0. The summed E-state index contributed by atoms with van der Waals surface area (Å²) in [5.41, 5.74) is -0.528. The highest BCUT2D eigenvalue weighted by Gasteiger charge is 2.62. The van der Waals surface area contributed by atoms with Crippen LogP contribution in [0.4, 0.5) is 8.78 Å². The van der Waals surface area contributed by atoms with Crippen LogP contribution in [0.15, 0.2) is 53.0 Å². The number of carbonyl (C=O) groups excluding carboxylic acids is 4. The molecular formula is C38H39F2N5O8S. The number of fused-ring (bicyclic) bond motifs is 6. The Bertz CT molecular complexity index is 2360. The molecule has 54 heavy (non-hydrogen) atoms. The van der Waals surface area contributed by atoms with Gasteiger partial charge in [0.15, 0.2) is 11.3 Å². The standard InChI is InChI=1S/C38H39F2N5O8S/c1-20(46)41-29-8-6-4-2-3-5-7-21-18-38(21,37(49)44-54(50,51)25-11-12-25)43-35(47)30-17-24(19-45(30)36(29)48)52-33-26-15-22(39)9-13-28(26)42-32-27-16-23(40)10-14-31(27)53-34(32)33/h5,7,9-10,13-16,21,24-25,29-30H,2-4,6,8,11-12,17-19H2,1H3,(H,41,46)(H,43,47)(H,44,49)/t21-,24-,29+,30+,38-/m1/s1. The van der Waals surface area contributed by atoms with Crippen LogP contribution < -0.4 is 20.1 Å². The predicted molar refractivity (Wildman–Crippen MR) is 192 cm³/mol. The Morgan fingerprint density at radius 3 is 2.56 bits per heavy atom. The zero-order valence-electron chi connectivity index (χ0n) is 29.4. The molecule has 2 aromatic heterocycles. The van der Waals surface area contributed by atoms with E-state index in [-0.39, 0.29) is 41.6 Å². The largest absolute Gasteiger partial charge is 0.484 e. The average Bonchev–Trinajstić information content (AvgIpc) is 4.02. The van der Waals surface area contributed by atoms with Gasteiger partial charge in [0.1, 0.15) is 46.5 Å². The number of nitrogens with zero attached hydrogens (tertiary/aromatic N) is 2. The molecule has 8 rings (SSSR count). The van der Waals surface area contributed by atoms with Crippen molar-refractivity contribution in [3.63, 3.8) is 0 Å². The maximum atomic E-state index is 14.7. The van der Waals surface area contributed by atoms with Crippen LogP contribution in [0.25, 0.3) is 33.0 Å². The molecule has 2 aromatic carbocycles. The number of sulfonamides is 1. The number of benzene rings is 2. The molecule has 3 N–H and O–H groups in total. The van der Waals surface area contributed by atoms with E-state index in [0.717, 1.165) is 12.8 Å². The summed E-state index contributed by atoms with van der Waals surface area (Å²) in [6.07, 6.45) is 6.94. The van der Waals surface area contributed by atoms with Crippen molar-refractivity contribution in [2.45, 2.75) is 93.7 Å². The van der Waals surface area contributed by atoms with Crippen LogP contribution >= 0.6 is 0 Å². The van der Waals surface area contributed by atoms with Gasteiger partial charge in [0, 0.05) is 30.0 Å². The van der Waals surface area contributed by atoms with Gasteiger partial charge in [-0.25, -0.2) is 22.2 Å². The SMILES string of the molecule is CC(=O)N[C@H]1CCCCCC=C[C@@H]2C[C@@]2(C(=O)NS(=O)(=O)C2CC2)NC(=O)[C@@H]2C[C@@H](Oc3c4cc(F)ccc4nc4c3oc3ccc(F)cc34)CN2C1=O. The highest BCUT2D eigenvalue weighted by molar-refractivity contribution is 7.91. The minimum Gasteiger partial charge on any atom is -0.484 e. The van der Waals surface area contributed by atoms with Crippen LogP contribution in [0, 0.1) is 17.6 Å². The van der Waals surface area contributed by atoms with Crippen molar-refractivity contribution in [3.05, 3.63) is 60.2 Å². The van der Waals surface area contributed by atoms with Crippen molar-refractivity contribution in [2.24, 2.45) is 5.92 Å². The van der Waals surface area contributed by atoms with E-state index in [4.69, 9.17) is 9.15 Å². The van der Waals surface area contributed by atoms with Crippen molar-refractivity contribution < 1.29 is 45.5 Å². The topological polar surface area (TPSA) is 177 Å². The van der Waals surface area contributed by atoms with Crippen molar-refractivity contribution in [1.29, 1.82) is 0 Å². The van der Waals surface area contributed by atoms with Gasteiger partial charge in [-0.05, 0) is 74.9 Å². The van der Waals surface area contributed by atoms with E-state index in [1.807, 2.05) is 12.2 Å². The number of ether oxygens (including phenoxy) is 1. The highest BCUT2D eigenvalue weighted by Crippen LogP contribution is 2.46. The van der Waals surface area contributed by atoms with Crippen molar-refractivity contribution in [2.75, 3.05) is 6.54 Å². The molecule has 2 aliphatic carbocycles. The summed E-state index contributed by atoms with van der Waals surface area (Å²) in [4.78, 5) is 60.6. The summed E-state index contributed by atoms with van der Waals surface area (Å²) in [7, 11) is -3.93. The Kier molecular flexibility index (Phi) is 9.05. The first-order valence-corrected chi connectivity index (χ1v) is 19.8. The van der Waals surface area contributed by atoms with Gasteiger partial charge in [-0.3, -0.25) is 23.9 Å². The van der Waals surface area contributed by atoms with Crippen molar-refractivity contribution >= 4 is 66.6 Å². The molecule has 4 aliphatic rings. The second kappa shape index (κ2) is 13.6. The molecule has 3 fully saturated rings. The van der Waals surface area contributed by atoms with E-state index < -0.39 is 80.2 Å². The van der Waals surface area contributed by atoms with E-state index in [1.54, 1.807) is 0 Å². The first-order valence-electron chi connectivity index (χ1n) is 18.2. The molecule has 2 aliphatic heterocycles. The third kappa shape index (κ3) is 6.75. The Morgan fingerprint density at radius 1 is 1.04 bits per heavy atom. The molecule has 0 radical (unpaired) electrons. The zero-order chi connectivity index (χ0) is 37.9. The summed E-state index contributed by atoms with van der Waals surface area (Å²) in [5, 5.41) is 5.51. The van der Waals surface area contributed by atoms with E-state index in [9.17, 15) is 36.4 Å². The van der Waals surface area contributed by atoms with Crippen LogP contribution in [-0.4, -0.2) is 77.5 Å². The smallest absolute Gasteiger partial charge is 0.259 e. The maximum absolute atomic E-state index is 14.7. The molecule has 13 nitrogen and oxygen atoms in total. The number of hydrogen-bond donors (Lipinski definition) is 3. The van der Waals surface area contributed by atoms with Gasteiger partial charge in [-0.2, -0.15) is 0 Å². The number of hydrogen-bond acceptors (Lipinski definition) is 9. The minimum absolute atomic E-state index is 0.0821. The fourth-order valence-electron chi connectivity index (χ4n) is 7.73. The number of pyridine rings is 1. The molecule has 5 atom stereocenters. The number of nitrogens with one attached hydrogen (secondary N) is 3. The molecule has 4 heterocycles. The number of amides is 4. The van der Waals surface area contributed by atoms with Crippen molar-refractivity contribution in [3.8, 4) is 5.75 Å². The van der Waals surface area contributed by atoms with Crippen molar-refractivity contribution in [1.82, 2.24) is 25.2 Å². The second-order valence-corrected chi connectivity index (χ2v) is 16.7. The van der Waals surface area contributed by atoms with Gasteiger partial charge < -0.3 is 24.7 Å². The van der Waals surface area contributed by atoms with Gasteiger partial charge in [0.05, 0.1) is 17.3 Å². The quantitative estimate of drug-likeness (QED) is 0.242. The molecule has 4 amide bonds. The molecular weight excluding hydrogens is 725 g/mol. The molecule has 16 heteroatoms. The number of carbonyl (C=O) groups is 4. The molecule has 0 spiro atoms. The van der Waals surface area contributed by atoms with Crippen LogP contribution in [0.1, 0.15) is 64.7 Å². The lowest BCUT2D eigenvalue weighted by Crippen LogP contribution is -2.58. The molecule has 2 saturated carbocycles. The molecule has 4 aromatic rings. The third-order valence-corrected chi connectivity index (χ3v) is 12.6. The summed E-state index contributed by atoms with van der Waals surface area (Å²) in [5.74, 6) is -3.98. The fourth-order valence-corrected chi connectivity index (χ4v) is 9.09. The zero-order valence-corrected chi connectivity index (χ0v) is 30.2. The summed E-state index contributed by atoms with van der Waals surface area (Å²) < 4.78 is 69.5. The minimum atomic E-state index is -3.93. The highest BCUT2D eigenvalue weighted by atomic mass is 32.2. The Balaban J connectivity index is 1.17. The molecule has 0 bridgehead atoms. The first kappa shape index (κ1) is 35.9. The van der Waals surface area contributed by atoms with Gasteiger partial charge in [0.25, 0.3) is 5.91 Å². The van der Waals surface area contributed by atoms with E-state index >= 15 is 0 Å². The lowest BCUT2D eigenvalue weighted by molar-refractivity contribution is -0.142. The van der Waals surface area contributed by atoms with E-state index in [0.29, 0.717) is 48.6 Å². The summed E-state index contributed by atoms with van der Waals surface area (Å²) in [6, 6.07) is 5.70. The van der Waals surface area contributed by atoms with Gasteiger partial charge in [-0.1, -0.05) is 25.0 Å². The summed E-state index contributed by atoms with van der Waals surface area (Å²) in [6.45, 7) is 1.16. The number of rotatable bonds is 6. The second-order valence-electron chi connectivity index (χ2n) is 14.8.